The molecule has 0 aliphatic heterocycles. The summed E-state index contributed by atoms with van der Waals surface area (Å²) >= 11 is 1.11. The first-order chi connectivity index (χ1) is 14.3. The smallest absolute Gasteiger partial charge is 0.348 e. The maximum atomic E-state index is 12.9. The number of nitrogens with zero attached hydrogens (tertiary/aromatic N) is 2. The van der Waals surface area contributed by atoms with Crippen molar-refractivity contribution in [2.24, 2.45) is 0 Å². The topological polar surface area (TPSA) is 99.5 Å². The summed E-state index contributed by atoms with van der Waals surface area (Å²) in [5.74, 6) is -0.139. The van der Waals surface area contributed by atoms with Gasteiger partial charge in [-0.25, -0.2) is 9.78 Å². The van der Waals surface area contributed by atoms with Crippen LogP contribution in [0.25, 0.3) is 10.2 Å². The lowest BCUT2D eigenvalue weighted by atomic mass is 10.2. The molecule has 1 aromatic carbocycles. The summed E-state index contributed by atoms with van der Waals surface area (Å²) in [6.07, 6.45) is 1.37. The highest BCUT2D eigenvalue weighted by Gasteiger charge is 2.20. The second-order valence-corrected chi connectivity index (χ2v) is 7.87. The van der Waals surface area contributed by atoms with Gasteiger partial charge in [-0.3, -0.25) is 14.2 Å². The Bertz CT molecular complexity index is 1130. The molecule has 30 heavy (non-hydrogen) atoms. The lowest BCUT2D eigenvalue weighted by molar-refractivity contribution is -0.116. The molecule has 0 spiro atoms. The van der Waals surface area contributed by atoms with Gasteiger partial charge in [0.25, 0.3) is 5.56 Å². The van der Waals surface area contributed by atoms with Gasteiger partial charge in [0, 0.05) is 5.69 Å². The number of fused-ring (bicyclic) bond motifs is 1. The number of amides is 1. The number of carbonyl (C=O) groups excluding carboxylic acids is 2. The van der Waals surface area contributed by atoms with Crippen LogP contribution in [0.3, 0.4) is 0 Å². The van der Waals surface area contributed by atoms with Crippen molar-refractivity contribution in [3.8, 4) is 5.75 Å². The molecule has 9 heteroatoms. The average molecular weight is 429 g/mol. The van der Waals surface area contributed by atoms with E-state index in [-0.39, 0.29) is 30.7 Å². The number of anilines is 1. The Labute approximate surface area is 177 Å². The van der Waals surface area contributed by atoms with Gasteiger partial charge in [0.2, 0.25) is 5.91 Å². The number of carbonyl (C=O) groups is 2. The fraction of sp³-hybridized carbons (Fsp3) is 0.333. The third kappa shape index (κ3) is 4.68. The zero-order valence-electron chi connectivity index (χ0n) is 17.2. The van der Waals surface area contributed by atoms with E-state index in [4.69, 9.17) is 9.47 Å². The predicted octanol–water partition coefficient (Wildman–Crippen LogP) is 3.37. The minimum Gasteiger partial charge on any atom is -0.491 e. The Hall–Kier alpha value is -3.20. The highest BCUT2D eigenvalue weighted by molar-refractivity contribution is 7.20. The number of aromatic nitrogens is 2. The minimum atomic E-state index is -0.480. The number of hydrogen-bond donors (Lipinski definition) is 1. The van der Waals surface area contributed by atoms with Crippen LogP contribution in [0.2, 0.25) is 0 Å². The number of ether oxygens (including phenoxy) is 2. The highest BCUT2D eigenvalue weighted by atomic mass is 32.1. The van der Waals surface area contributed by atoms with Crippen molar-refractivity contribution in [2.45, 2.75) is 40.3 Å². The second-order valence-electron chi connectivity index (χ2n) is 6.87. The predicted molar refractivity (Wildman–Crippen MR) is 115 cm³/mol. The van der Waals surface area contributed by atoms with E-state index in [1.165, 1.54) is 10.9 Å². The minimum absolute atomic E-state index is 0.0599. The molecule has 1 N–H and O–H groups in total. The Morgan fingerprint density at radius 1 is 1.23 bits per heavy atom. The molecule has 1 amide bonds. The Morgan fingerprint density at radius 3 is 2.57 bits per heavy atom. The summed E-state index contributed by atoms with van der Waals surface area (Å²) in [5.41, 5.74) is 0.732. The van der Waals surface area contributed by atoms with Gasteiger partial charge in [-0.15, -0.1) is 11.3 Å². The van der Waals surface area contributed by atoms with Crippen molar-refractivity contribution in [1.82, 2.24) is 9.55 Å². The molecule has 0 aliphatic carbocycles. The molecule has 8 nitrogen and oxygen atoms in total. The summed E-state index contributed by atoms with van der Waals surface area (Å²) in [6, 6.07) is 6.99. The molecule has 2 aromatic heterocycles. The van der Waals surface area contributed by atoms with Crippen molar-refractivity contribution in [1.29, 1.82) is 0 Å². The normalized spacial score (nSPS) is 11.0. The lowest BCUT2D eigenvalue weighted by Crippen LogP contribution is -2.27. The van der Waals surface area contributed by atoms with Gasteiger partial charge in [-0.2, -0.15) is 0 Å². The van der Waals surface area contributed by atoms with Crippen molar-refractivity contribution in [3.05, 3.63) is 51.4 Å². The van der Waals surface area contributed by atoms with E-state index in [2.05, 4.69) is 10.3 Å². The van der Waals surface area contributed by atoms with Gasteiger partial charge < -0.3 is 14.8 Å². The zero-order chi connectivity index (χ0) is 21.8. The van der Waals surface area contributed by atoms with Gasteiger partial charge in [-0.1, -0.05) is 0 Å². The van der Waals surface area contributed by atoms with Gasteiger partial charge in [-0.05, 0) is 57.5 Å². The van der Waals surface area contributed by atoms with Gasteiger partial charge >= 0.3 is 5.97 Å². The molecule has 0 saturated heterocycles. The van der Waals surface area contributed by atoms with Gasteiger partial charge in [0.1, 0.15) is 22.0 Å². The van der Waals surface area contributed by atoms with Gasteiger partial charge in [0.05, 0.1) is 24.4 Å². The third-order valence-electron chi connectivity index (χ3n) is 4.20. The molecule has 0 fully saturated rings. The van der Waals surface area contributed by atoms with E-state index in [1.807, 2.05) is 13.8 Å². The van der Waals surface area contributed by atoms with E-state index in [0.717, 1.165) is 11.3 Å². The first-order valence-electron chi connectivity index (χ1n) is 9.52. The standard InChI is InChI=1S/C21H23N3O5S/c1-5-28-21(27)18-13(4)17-19(30-18)22-11-24(20(17)26)10-16(25)23-14-6-8-15(9-7-14)29-12(2)3/h6-9,11-12H,5,10H2,1-4H3,(H,23,25). The molecular formula is C21H23N3O5S. The maximum Gasteiger partial charge on any atom is 0.348 e. The Morgan fingerprint density at radius 2 is 1.93 bits per heavy atom. The molecule has 3 aromatic rings. The van der Waals surface area contributed by atoms with Crippen molar-refractivity contribution in [2.75, 3.05) is 11.9 Å². The highest BCUT2D eigenvalue weighted by Crippen LogP contribution is 2.27. The van der Waals surface area contributed by atoms with E-state index in [0.29, 0.717) is 32.1 Å². The van der Waals surface area contributed by atoms with Crippen LogP contribution in [0, 0.1) is 6.92 Å². The molecular weight excluding hydrogens is 406 g/mol. The molecule has 0 unspecified atom stereocenters. The average Bonchev–Trinajstić information content (AvgIpc) is 3.03. The second kappa shape index (κ2) is 9.08. The number of thiophene rings is 1. The largest absolute Gasteiger partial charge is 0.491 e. The van der Waals surface area contributed by atoms with Crippen molar-refractivity contribution < 1.29 is 19.1 Å². The third-order valence-corrected chi connectivity index (χ3v) is 5.38. The monoisotopic (exact) mass is 429 g/mol. The van der Waals surface area contributed by atoms with Crippen LogP contribution >= 0.6 is 11.3 Å². The maximum absolute atomic E-state index is 12.9. The molecule has 0 saturated carbocycles. The van der Waals surface area contributed by atoms with Crippen LogP contribution < -0.4 is 15.6 Å². The van der Waals surface area contributed by atoms with Crippen molar-refractivity contribution in [3.63, 3.8) is 0 Å². The quantitative estimate of drug-likeness (QED) is 0.578. The van der Waals surface area contributed by atoms with Crippen LogP contribution in [0.5, 0.6) is 5.75 Å². The van der Waals surface area contributed by atoms with Crippen LogP contribution in [0.4, 0.5) is 5.69 Å². The SMILES string of the molecule is CCOC(=O)c1sc2ncn(CC(=O)Nc3ccc(OC(C)C)cc3)c(=O)c2c1C. The molecule has 0 radical (unpaired) electrons. The fourth-order valence-electron chi connectivity index (χ4n) is 2.91. The van der Waals surface area contributed by atoms with Crippen LogP contribution in [-0.2, 0) is 16.1 Å². The summed E-state index contributed by atoms with van der Waals surface area (Å²) in [5, 5.41) is 3.07. The Kier molecular flexibility index (Phi) is 6.51. The summed E-state index contributed by atoms with van der Waals surface area (Å²) in [6.45, 7) is 7.31. The number of esters is 1. The molecule has 0 bridgehead atoms. The van der Waals surface area contributed by atoms with E-state index in [1.54, 1.807) is 38.1 Å². The zero-order valence-corrected chi connectivity index (χ0v) is 18.0. The van der Waals surface area contributed by atoms with Crippen LogP contribution in [-0.4, -0.2) is 34.1 Å². The Balaban J connectivity index is 1.77. The lowest BCUT2D eigenvalue weighted by Gasteiger charge is -2.11. The summed E-state index contributed by atoms with van der Waals surface area (Å²) in [4.78, 5) is 42.4. The van der Waals surface area contributed by atoms with E-state index < -0.39 is 5.97 Å². The number of rotatable bonds is 7. The first-order valence-corrected chi connectivity index (χ1v) is 10.3. The number of aryl methyl sites for hydroxylation is 1. The molecule has 0 aliphatic rings. The number of hydrogen-bond acceptors (Lipinski definition) is 7. The molecule has 0 atom stereocenters. The van der Waals surface area contributed by atoms with Crippen molar-refractivity contribution >= 4 is 39.1 Å². The summed E-state index contributed by atoms with van der Waals surface area (Å²) in [7, 11) is 0. The van der Waals surface area contributed by atoms with Crippen LogP contribution in [0.15, 0.2) is 35.4 Å². The summed E-state index contributed by atoms with van der Waals surface area (Å²) < 4.78 is 11.8. The van der Waals surface area contributed by atoms with Crippen LogP contribution in [0.1, 0.15) is 36.0 Å². The van der Waals surface area contributed by atoms with E-state index in [9.17, 15) is 14.4 Å². The van der Waals surface area contributed by atoms with Gasteiger partial charge in [0.15, 0.2) is 0 Å². The number of nitrogens with one attached hydrogen (secondary N) is 1. The molecule has 3 rings (SSSR count). The fourth-order valence-corrected chi connectivity index (χ4v) is 3.94. The molecule has 2 heterocycles. The molecule has 158 valence electrons. The first kappa shape index (κ1) is 21.5. The van der Waals surface area contributed by atoms with E-state index >= 15 is 0 Å². The number of benzene rings is 1.